The van der Waals surface area contributed by atoms with Crippen LogP contribution in [0.3, 0.4) is 0 Å². The molecule has 9 heteroatoms. The molecular weight excluding hydrogens is 454 g/mol. The normalized spacial score (nSPS) is 13.1. The molecule has 0 unspecified atom stereocenters. The van der Waals surface area contributed by atoms with Crippen LogP contribution in [0.1, 0.15) is 45.6 Å². The summed E-state index contributed by atoms with van der Waals surface area (Å²) < 4.78 is 5.50. The number of amides is 2. The van der Waals surface area contributed by atoms with Crippen LogP contribution in [0.25, 0.3) is 11.1 Å². The highest BCUT2D eigenvalue weighted by Crippen LogP contribution is 2.44. The number of aromatic nitrogens is 1. The van der Waals surface area contributed by atoms with Gasteiger partial charge in [-0.25, -0.2) is 14.6 Å². The molecule has 0 saturated heterocycles. The molecule has 176 valence electrons. The first-order valence-corrected chi connectivity index (χ1v) is 11.7. The van der Waals surface area contributed by atoms with Gasteiger partial charge in [-0.3, -0.25) is 4.79 Å². The van der Waals surface area contributed by atoms with E-state index in [4.69, 9.17) is 4.74 Å². The highest BCUT2D eigenvalue weighted by molar-refractivity contribution is 7.13. The molecule has 3 N–H and O–H groups in total. The number of ether oxygens (including phenoxy) is 1. The molecule has 0 radical (unpaired) electrons. The van der Waals surface area contributed by atoms with E-state index >= 15 is 0 Å². The van der Waals surface area contributed by atoms with Crippen LogP contribution in [0.5, 0.6) is 0 Å². The number of benzene rings is 2. The lowest BCUT2D eigenvalue weighted by Crippen LogP contribution is -2.44. The zero-order chi connectivity index (χ0) is 24.2. The molecule has 0 aliphatic heterocycles. The van der Waals surface area contributed by atoms with Crippen LogP contribution in [-0.2, 0) is 16.1 Å². The Morgan fingerprint density at radius 2 is 1.68 bits per heavy atom. The van der Waals surface area contributed by atoms with Gasteiger partial charge in [0.05, 0.1) is 12.7 Å². The quantitative estimate of drug-likeness (QED) is 0.449. The summed E-state index contributed by atoms with van der Waals surface area (Å²) in [7, 11) is 0. The Balaban J connectivity index is 1.31. The molecule has 1 aromatic heterocycles. The van der Waals surface area contributed by atoms with Crippen LogP contribution in [0.15, 0.2) is 54.7 Å². The number of thiazole rings is 1. The first-order chi connectivity index (χ1) is 16.3. The standard InChI is InChI=1S/C25H25N3O5S/c1-14(2)22(24(30)31)28-23(29)20-11-26-21(34-20)12-27-25(32)33-13-19-17-9-5-3-7-15(17)16-8-4-6-10-18(16)19/h3-11,14,19,22H,12-13H2,1-2H3,(H,27,32)(H,28,29)(H,30,31)/t22-/m1/s1. The second-order valence-electron chi connectivity index (χ2n) is 8.33. The molecule has 8 nitrogen and oxygen atoms in total. The number of carboxylic acid groups (broad SMARTS) is 1. The fourth-order valence-corrected chi connectivity index (χ4v) is 4.78. The van der Waals surface area contributed by atoms with E-state index in [1.165, 1.54) is 6.20 Å². The smallest absolute Gasteiger partial charge is 0.407 e. The van der Waals surface area contributed by atoms with Gasteiger partial charge in [0.2, 0.25) is 0 Å². The third-order valence-corrected chi connectivity index (χ3v) is 6.72. The van der Waals surface area contributed by atoms with Crippen molar-refractivity contribution in [3.05, 3.63) is 75.7 Å². The number of nitrogens with zero attached hydrogens (tertiary/aromatic N) is 1. The minimum absolute atomic E-state index is 0.0311. The van der Waals surface area contributed by atoms with Crippen molar-refractivity contribution in [2.24, 2.45) is 5.92 Å². The number of fused-ring (bicyclic) bond motifs is 3. The molecule has 4 rings (SSSR count). The van der Waals surface area contributed by atoms with E-state index in [2.05, 4.69) is 39.9 Å². The zero-order valence-electron chi connectivity index (χ0n) is 18.8. The van der Waals surface area contributed by atoms with E-state index < -0.39 is 24.0 Å². The Bertz CT molecular complexity index is 1180. The molecule has 0 bridgehead atoms. The highest BCUT2D eigenvalue weighted by atomic mass is 32.1. The van der Waals surface area contributed by atoms with Crippen molar-refractivity contribution in [2.45, 2.75) is 32.4 Å². The predicted octanol–water partition coefficient (Wildman–Crippen LogP) is 4.02. The molecule has 0 saturated carbocycles. The van der Waals surface area contributed by atoms with Crippen LogP contribution in [0.2, 0.25) is 0 Å². The van der Waals surface area contributed by atoms with Crippen molar-refractivity contribution in [1.29, 1.82) is 0 Å². The van der Waals surface area contributed by atoms with Crippen LogP contribution in [-0.4, -0.2) is 40.7 Å². The van der Waals surface area contributed by atoms with Crippen molar-refractivity contribution in [3.8, 4) is 11.1 Å². The predicted molar refractivity (Wildman–Crippen MR) is 128 cm³/mol. The number of aliphatic carboxylic acids is 1. The number of carboxylic acids is 1. The average molecular weight is 480 g/mol. The van der Waals surface area contributed by atoms with Crippen molar-refractivity contribution in [2.75, 3.05) is 6.61 Å². The number of carbonyl (C=O) groups is 3. The summed E-state index contributed by atoms with van der Waals surface area (Å²) in [6.45, 7) is 3.74. The van der Waals surface area contributed by atoms with Gasteiger partial charge in [-0.15, -0.1) is 11.3 Å². The number of hydrogen-bond donors (Lipinski definition) is 3. The van der Waals surface area contributed by atoms with E-state index in [0.717, 1.165) is 33.6 Å². The summed E-state index contributed by atoms with van der Waals surface area (Å²) in [6, 6.07) is 15.2. The number of hydrogen-bond acceptors (Lipinski definition) is 6. The van der Waals surface area contributed by atoms with Gasteiger partial charge in [0, 0.05) is 5.92 Å². The van der Waals surface area contributed by atoms with Gasteiger partial charge >= 0.3 is 12.1 Å². The van der Waals surface area contributed by atoms with Crippen molar-refractivity contribution < 1.29 is 24.2 Å². The van der Waals surface area contributed by atoms with Crippen LogP contribution < -0.4 is 10.6 Å². The Morgan fingerprint density at radius 1 is 1.06 bits per heavy atom. The fourth-order valence-electron chi connectivity index (χ4n) is 4.02. The highest BCUT2D eigenvalue weighted by Gasteiger charge is 2.29. The van der Waals surface area contributed by atoms with Crippen molar-refractivity contribution in [3.63, 3.8) is 0 Å². The average Bonchev–Trinajstić information content (AvgIpc) is 3.42. The summed E-state index contributed by atoms with van der Waals surface area (Å²) in [5, 5.41) is 14.9. The molecule has 34 heavy (non-hydrogen) atoms. The summed E-state index contributed by atoms with van der Waals surface area (Å²) in [4.78, 5) is 40.4. The number of rotatable bonds is 8. The van der Waals surface area contributed by atoms with Gasteiger partial charge in [-0.05, 0) is 28.2 Å². The van der Waals surface area contributed by atoms with E-state index in [1.54, 1.807) is 13.8 Å². The SMILES string of the molecule is CC(C)[C@@H](NC(=O)c1cnc(CNC(=O)OCC2c3ccccc3-c3ccccc32)s1)C(=O)O. The maximum Gasteiger partial charge on any atom is 0.407 e. The van der Waals surface area contributed by atoms with Crippen molar-refractivity contribution in [1.82, 2.24) is 15.6 Å². The largest absolute Gasteiger partial charge is 0.480 e. The first kappa shape index (κ1) is 23.4. The number of alkyl carbamates (subject to hydrolysis) is 1. The van der Waals surface area contributed by atoms with E-state index in [-0.39, 0.29) is 29.9 Å². The van der Waals surface area contributed by atoms with Crippen LogP contribution >= 0.6 is 11.3 Å². The second-order valence-corrected chi connectivity index (χ2v) is 9.45. The summed E-state index contributed by atoms with van der Waals surface area (Å²) in [5.41, 5.74) is 4.58. The molecule has 0 spiro atoms. The van der Waals surface area contributed by atoms with Gasteiger partial charge in [0.1, 0.15) is 22.5 Å². The van der Waals surface area contributed by atoms with Crippen molar-refractivity contribution >= 4 is 29.3 Å². The van der Waals surface area contributed by atoms with Gasteiger partial charge in [0.15, 0.2) is 0 Å². The lowest BCUT2D eigenvalue weighted by atomic mass is 9.98. The van der Waals surface area contributed by atoms with Crippen LogP contribution in [0, 0.1) is 5.92 Å². The van der Waals surface area contributed by atoms with Gasteiger partial charge in [-0.1, -0.05) is 62.4 Å². The second kappa shape index (κ2) is 10.0. The third kappa shape index (κ3) is 4.94. The molecule has 0 fully saturated rings. The number of nitrogens with one attached hydrogen (secondary N) is 2. The Labute approximate surface area is 201 Å². The molecule has 2 amide bonds. The van der Waals surface area contributed by atoms with Gasteiger partial charge in [0.25, 0.3) is 5.91 Å². The summed E-state index contributed by atoms with van der Waals surface area (Å²) >= 11 is 1.09. The molecular formula is C25H25N3O5S. The molecule has 2 aromatic carbocycles. The molecule has 1 aliphatic rings. The molecule has 3 aromatic rings. The van der Waals surface area contributed by atoms with Gasteiger partial charge in [-0.2, -0.15) is 0 Å². The van der Waals surface area contributed by atoms with Gasteiger partial charge < -0.3 is 20.5 Å². The third-order valence-electron chi connectivity index (χ3n) is 5.72. The van der Waals surface area contributed by atoms with Crippen LogP contribution in [0.4, 0.5) is 4.79 Å². The van der Waals surface area contributed by atoms with E-state index in [9.17, 15) is 19.5 Å². The lowest BCUT2D eigenvalue weighted by molar-refractivity contribution is -0.140. The zero-order valence-corrected chi connectivity index (χ0v) is 19.6. The Morgan fingerprint density at radius 3 is 2.26 bits per heavy atom. The molecule has 1 heterocycles. The lowest BCUT2D eigenvalue weighted by Gasteiger charge is -2.17. The molecule has 1 atom stereocenters. The Hall–Kier alpha value is -3.72. The summed E-state index contributed by atoms with van der Waals surface area (Å²) in [5.74, 6) is -1.89. The maximum atomic E-state index is 12.4. The fraction of sp³-hybridized carbons (Fsp3) is 0.280. The Kier molecular flexibility index (Phi) is 6.93. The first-order valence-electron chi connectivity index (χ1n) is 10.9. The topological polar surface area (TPSA) is 118 Å². The molecule has 1 aliphatic carbocycles. The minimum atomic E-state index is -1.09. The monoisotopic (exact) mass is 479 g/mol. The van der Waals surface area contributed by atoms with E-state index in [0.29, 0.717) is 5.01 Å². The minimum Gasteiger partial charge on any atom is -0.480 e. The number of carbonyl (C=O) groups excluding carboxylic acids is 2. The summed E-state index contributed by atoms with van der Waals surface area (Å²) in [6.07, 6.45) is 0.794. The maximum absolute atomic E-state index is 12.4. The van der Waals surface area contributed by atoms with E-state index in [1.807, 2.05) is 24.3 Å².